The number of carbonyl (C=O) groups is 1. The number of rotatable bonds is 6. The summed E-state index contributed by atoms with van der Waals surface area (Å²) < 4.78 is 11.9. The fourth-order valence-electron chi connectivity index (χ4n) is 2.33. The first-order valence-corrected chi connectivity index (χ1v) is 8.73. The molecule has 128 valence electrons. The largest absolute Gasteiger partial charge is 0.490 e. The second-order valence-corrected chi connectivity index (χ2v) is 6.21. The Bertz CT molecular complexity index is 744. The van der Waals surface area contributed by atoms with E-state index < -0.39 is 0 Å². The van der Waals surface area contributed by atoms with Crippen LogP contribution in [0.25, 0.3) is 0 Å². The lowest BCUT2D eigenvalue weighted by molar-refractivity contribution is 0.102. The van der Waals surface area contributed by atoms with E-state index in [0.29, 0.717) is 34.7 Å². The summed E-state index contributed by atoms with van der Waals surface area (Å²) >= 11 is 3.46. The molecule has 0 aliphatic carbocycles. The molecule has 0 heterocycles. The quantitative estimate of drug-likeness (QED) is 0.743. The van der Waals surface area contributed by atoms with Crippen molar-refractivity contribution in [1.29, 1.82) is 0 Å². The molecule has 0 aliphatic heterocycles. The Kier molecular flexibility index (Phi) is 6.26. The molecule has 0 aromatic heterocycles. The van der Waals surface area contributed by atoms with E-state index in [0.717, 1.165) is 16.8 Å². The summed E-state index contributed by atoms with van der Waals surface area (Å²) in [4.78, 5) is 12.6. The zero-order chi connectivity index (χ0) is 17.7. The molecule has 5 heteroatoms. The lowest BCUT2D eigenvalue weighted by Crippen LogP contribution is -2.14. The molecule has 2 aromatic rings. The average molecular weight is 392 g/mol. The molecule has 0 saturated carbocycles. The first-order valence-electron chi connectivity index (χ1n) is 7.94. The molecule has 2 aromatic carbocycles. The van der Waals surface area contributed by atoms with Gasteiger partial charge < -0.3 is 14.8 Å². The van der Waals surface area contributed by atoms with Crippen LogP contribution in [-0.4, -0.2) is 19.1 Å². The summed E-state index contributed by atoms with van der Waals surface area (Å²) in [5.74, 6) is 0.982. The van der Waals surface area contributed by atoms with E-state index in [2.05, 4.69) is 21.2 Å². The van der Waals surface area contributed by atoms with Crippen molar-refractivity contribution in [2.24, 2.45) is 0 Å². The fourth-order valence-corrected chi connectivity index (χ4v) is 2.88. The molecule has 0 unspecified atom stereocenters. The van der Waals surface area contributed by atoms with Crippen molar-refractivity contribution in [3.63, 3.8) is 0 Å². The van der Waals surface area contributed by atoms with E-state index in [-0.39, 0.29) is 5.91 Å². The second kappa shape index (κ2) is 8.20. The maximum Gasteiger partial charge on any atom is 0.255 e. The van der Waals surface area contributed by atoms with Crippen LogP contribution in [0.1, 0.15) is 35.3 Å². The van der Waals surface area contributed by atoms with Crippen LogP contribution in [0.5, 0.6) is 11.5 Å². The number of amides is 1. The second-order valence-electron chi connectivity index (χ2n) is 5.35. The lowest BCUT2D eigenvalue weighted by Gasteiger charge is -2.15. The zero-order valence-electron chi connectivity index (χ0n) is 14.4. The van der Waals surface area contributed by atoms with Gasteiger partial charge in [-0.15, -0.1) is 0 Å². The van der Waals surface area contributed by atoms with Gasteiger partial charge >= 0.3 is 0 Å². The van der Waals surface area contributed by atoms with Gasteiger partial charge in [0.15, 0.2) is 11.5 Å². The van der Waals surface area contributed by atoms with Gasteiger partial charge in [-0.2, -0.15) is 0 Å². The minimum absolute atomic E-state index is 0.187. The van der Waals surface area contributed by atoms with E-state index in [1.54, 1.807) is 12.1 Å². The summed E-state index contributed by atoms with van der Waals surface area (Å²) in [5.41, 5.74) is 3.51. The average Bonchev–Trinajstić information content (AvgIpc) is 2.55. The van der Waals surface area contributed by atoms with Crippen molar-refractivity contribution in [3.8, 4) is 11.5 Å². The van der Waals surface area contributed by atoms with Gasteiger partial charge in [0, 0.05) is 11.3 Å². The van der Waals surface area contributed by atoms with Crippen molar-refractivity contribution in [2.75, 3.05) is 18.5 Å². The summed E-state index contributed by atoms with van der Waals surface area (Å²) in [6.45, 7) is 8.83. The van der Waals surface area contributed by atoms with Crippen molar-refractivity contribution in [3.05, 3.63) is 51.5 Å². The molecule has 1 amide bonds. The molecule has 2 rings (SSSR count). The van der Waals surface area contributed by atoms with Crippen LogP contribution in [0.3, 0.4) is 0 Å². The predicted molar refractivity (Wildman–Crippen MR) is 100 cm³/mol. The summed E-state index contributed by atoms with van der Waals surface area (Å²) in [7, 11) is 0. The summed E-state index contributed by atoms with van der Waals surface area (Å²) in [6.07, 6.45) is 0. The predicted octanol–water partition coefficient (Wildman–Crippen LogP) is 5.12. The van der Waals surface area contributed by atoms with Crippen LogP contribution >= 0.6 is 15.9 Å². The Morgan fingerprint density at radius 3 is 2.50 bits per heavy atom. The Labute approximate surface area is 151 Å². The number of aryl methyl sites for hydroxylation is 1. The molecule has 0 spiro atoms. The normalized spacial score (nSPS) is 10.4. The molecular weight excluding hydrogens is 370 g/mol. The van der Waals surface area contributed by atoms with E-state index in [1.807, 2.05) is 45.9 Å². The van der Waals surface area contributed by atoms with Gasteiger partial charge in [-0.25, -0.2) is 0 Å². The minimum atomic E-state index is -0.187. The standard InChI is InChI=1S/C19H22BrNO3/c1-5-23-17-11-14(10-15(20)18(17)24-6-2)19(22)21-16-9-7-8-12(3)13(16)4/h7-11H,5-6H2,1-4H3,(H,21,22). The Hall–Kier alpha value is -2.01. The number of benzene rings is 2. The van der Waals surface area contributed by atoms with Crippen molar-refractivity contribution >= 4 is 27.5 Å². The topological polar surface area (TPSA) is 47.6 Å². The first kappa shape index (κ1) is 18.3. The molecule has 24 heavy (non-hydrogen) atoms. The molecule has 0 fully saturated rings. The van der Waals surface area contributed by atoms with Gasteiger partial charge in [0.05, 0.1) is 17.7 Å². The van der Waals surface area contributed by atoms with Crippen LogP contribution in [-0.2, 0) is 0 Å². The number of anilines is 1. The van der Waals surface area contributed by atoms with Gasteiger partial charge in [-0.1, -0.05) is 12.1 Å². The van der Waals surface area contributed by atoms with Crippen molar-refractivity contribution in [2.45, 2.75) is 27.7 Å². The molecule has 4 nitrogen and oxygen atoms in total. The van der Waals surface area contributed by atoms with Gasteiger partial charge in [0.1, 0.15) is 0 Å². The number of halogens is 1. The van der Waals surface area contributed by atoms with Crippen LogP contribution in [0.4, 0.5) is 5.69 Å². The molecule has 0 bridgehead atoms. The smallest absolute Gasteiger partial charge is 0.255 e. The highest BCUT2D eigenvalue weighted by atomic mass is 79.9. The van der Waals surface area contributed by atoms with E-state index in [9.17, 15) is 4.79 Å². The third-order valence-electron chi connectivity index (χ3n) is 3.71. The number of ether oxygens (including phenoxy) is 2. The molecule has 0 aliphatic rings. The molecule has 0 atom stereocenters. The fraction of sp³-hybridized carbons (Fsp3) is 0.316. The maximum absolute atomic E-state index is 12.6. The van der Waals surface area contributed by atoms with E-state index in [1.165, 1.54) is 0 Å². The lowest BCUT2D eigenvalue weighted by atomic mass is 10.1. The van der Waals surface area contributed by atoms with E-state index >= 15 is 0 Å². The monoisotopic (exact) mass is 391 g/mol. The third-order valence-corrected chi connectivity index (χ3v) is 4.30. The zero-order valence-corrected chi connectivity index (χ0v) is 16.0. The first-order chi connectivity index (χ1) is 11.5. The van der Waals surface area contributed by atoms with Gasteiger partial charge in [-0.05, 0) is 73.0 Å². The molecule has 0 saturated heterocycles. The summed E-state index contributed by atoms with van der Waals surface area (Å²) in [6, 6.07) is 9.30. The van der Waals surface area contributed by atoms with Gasteiger partial charge in [-0.3, -0.25) is 4.79 Å². The minimum Gasteiger partial charge on any atom is -0.490 e. The molecule has 1 N–H and O–H groups in total. The highest BCUT2D eigenvalue weighted by Gasteiger charge is 2.16. The van der Waals surface area contributed by atoms with Gasteiger partial charge in [0.2, 0.25) is 0 Å². The number of hydrogen-bond acceptors (Lipinski definition) is 3. The Morgan fingerprint density at radius 1 is 1.12 bits per heavy atom. The van der Waals surface area contributed by atoms with Crippen molar-refractivity contribution < 1.29 is 14.3 Å². The van der Waals surface area contributed by atoms with Crippen LogP contribution in [0, 0.1) is 13.8 Å². The van der Waals surface area contributed by atoms with E-state index in [4.69, 9.17) is 9.47 Å². The van der Waals surface area contributed by atoms with Crippen LogP contribution < -0.4 is 14.8 Å². The number of hydrogen-bond donors (Lipinski definition) is 1. The van der Waals surface area contributed by atoms with Crippen LogP contribution in [0.2, 0.25) is 0 Å². The van der Waals surface area contributed by atoms with Crippen molar-refractivity contribution in [1.82, 2.24) is 0 Å². The highest BCUT2D eigenvalue weighted by Crippen LogP contribution is 2.37. The highest BCUT2D eigenvalue weighted by molar-refractivity contribution is 9.10. The third kappa shape index (κ3) is 4.09. The number of carbonyl (C=O) groups excluding carboxylic acids is 1. The molecular formula is C19H22BrNO3. The maximum atomic E-state index is 12.6. The SMILES string of the molecule is CCOc1cc(C(=O)Nc2cccc(C)c2C)cc(Br)c1OCC. The van der Waals surface area contributed by atoms with Crippen LogP contribution in [0.15, 0.2) is 34.8 Å². The Balaban J connectivity index is 2.33. The summed E-state index contributed by atoms with van der Waals surface area (Å²) in [5, 5.41) is 2.96. The Morgan fingerprint density at radius 2 is 1.83 bits per heavy atom. The number of nitrogens with one attached hydrogen (secondary N) is 1. The molecule has 0 radical (unpaired) electrons. The van der Waals surface area contributed by atoms with Gasteiger partial charge in [0.25, 0.3) is 5.91 Å².